The average molecular weight is 665 g/mol. The number of benzene rings is 3. The molecule has 8 nitrogen and oxygen atoms in total. The minimum absolute atomic E-state index is 0.0155. The fourth-order valence-electron chi connectivity index (χ4n) is 7.05. The van der Waals surface area contributed by atoms with Crippen LogP contribution < -0.4 is 9.47 Å². The van der Waals surface area contributed by atoms with E-state index in [4.69, 9.17) is 32.7 Å². The minimum atomic E-state index is -0.520. The summed E-state index contributed by atoms with van der Waals surface area (Å²) in [6, 6.07) is 16.1. The van der Waals surface area contributed by atoms with Gasteiger partial charge in [-0.1, -0.05) is 46.5 Å². The Kier molecular flexibility index (Phi) is 9.33. The van der Waals surface area contributed by atoms with Crippen molar-refractivity contribution in [3.8, 4) is 11.5 Å². The molecular weight excluding hydrogens is 625 g/mol. The van der Waals surface area contributed by atoms with E-state index in [0.29, 0.717) is 84.5 Å². The number of piperidine rings is 1. The van der Waals surface area contributed by atoms with E-state index < -0.39 is 11.6 Å². The molecule has 0 saturated carbocycles. The Morgan fingerprint density at radius 3 is 2.39 bits per heavy atom. The van der Waals surface area contributed by atoms with Gasteiger partial charge in [-0.05, 0) is 61.9 Å². The Labute approximate surface area is 280 Å². The summed E-state index contributed by atoms with van der Waals surface area (Å²) in [6.45, 7) is 7.21. The molecule has 3 aliphatic rings. The van der Waals surface area contributed by atoms with E-state index in [2.05, 4.69) is 4.90 Å². The third kappa shape index (κ3) is 6.75. The third-order valence-electron chi connectivity index (χ3n) is 9.48. The molecule has 2 amide bonds. The minimum Gasteiger partial charge on any atom is -0.497 e. The Bertz CT molecular complexity index is 1650. The van der Waals surface area contributed by atoms with Crippen molar-refractivity contribution in [2.45, 2.75) is 51.2 Å². The molecule has 0 radical (unpaired) electrons. The van der Waals surface area contributed by atoms with Gasteiger partial charge in [0.25, 0.3) is 5.91 Å². The predicted octanol–water partition coefficient (Wildman–Crippen LogP) is 6.53. The summed E-state index contributed by atoms with van der Waals surface area (Å²) in [5.41, 5.74) is 3.54. The molecular formula is C36H39Cl2N3O5. The van der Waals surface area contributed by atoms with E-state index in [1.165, 1.54) is 0 Å². The highest BCUT2D eigenvalue weighted by Crippen LogP contribution is 2.41. The molecule has 6 rings (SSSR count). The van der Waals surface area contributed by atoms with Crippen molar-refractivity contribution < 1.29 is 23.9 Å². The van der Waals surface area contributed by atoms with Gasteiger partial charge in [-0.2, -0.15) is 0 Å². The molecule has 2 fully saturated rings. The van der Waals surface area contributed by atoms with Gasteiger partial charge in [0.15, 0.2) is 5.78 Å². The number of aryl methyl sites for hydroxylation is 2. The van der Waals surface area contributed by atoms with Crippen LogP contribution in [0.25, 0.3) is 0 Å². The SMILES string of the molecule is COc1ccc2c(c1)C(=O)CC1(CCN(CCC(=O)N3CCN(C(=O)c4cc(C)cc(C)c4)CC3c3ccc(Cl)cc3Cl)CC1)O2. The monoisotopic (exact) mass is 663 g/mol. The lowest BCUT2D eigenvalue weighted by atomic mass is 9.82. The maximum absolute atomic E-state index is 13.8. The van der Waals surface area contributed by atoms with Crippen LogP contribution in [-0.2, 0) is 4.79 Å². The smallest absolute Gasteiger partial charge is 0.254 e. The van der Waals surface area contributed by atoms with E-state index in [1.54, 1.807) is 25.3 Å². The number of methoxy groups -OCH3 is 1. The molecule has 1 unspecified atom stereocenters. The normalized spacial score (nSPS) is 19.5. The first-order valence-electron chi connectivity index (χ1n) is 15.8. The van der Waals surface area contributed by atoms with Gasteiger partial charge in [0.05, 0.1) is 25.1 Å². The second-order valence-electron chi connectivity index (χ2n) is 12.7. The van der Waals surface area contributed by atoms with E-state index in [0.717, 1.165) is 29.8 Å². The van der Waals surface area contributed by atoms with E-state index in [1.807, 2.05) is 60.0 Å². The quantitative estimate of drug-likeness (QED) is 0.298. The maximum Gasteiger partial charge on any atom is 0.254 e. The number of ether oxygens (including phenoxy) is 2. The number of carbonyl (C=O) groups excluding carboxylic acids is 3. The molecule has 2 saturated heterocycles. The van der Waals surface area contributed by atoms with Crippen molar-refractivity contribution in [1.82, 2.24) is 14.7 Å². The molecule has 10 heteroatoms. The molecule has 46 heavy (non-hydrogen) atoms. The number of amides is 2. The van der Waals surface area contributed by atoms with Gasteiger partial charge >= 0.3 is 0 Å². The summed E-state index contributed by atoms with van der Waals surface area (Å²) >= 11 is 12.9. The summed E-state index contributed by atoms with van der Waals surface area (Å²) in [4.78, 5) is 46.4. The van der Waals surface area contributed by atoms with Crippen LogP contribution in [0.1, 0.15) is 69.1 Å². The Balaban J connectivity index is 1.11. The zero-order chi connectivity index (χ0) is 32.6. The largest absolute Gasteiger partial charge is 0.497 e. The molecule has 1 spiro atoms. The molecule has 0 aromatic heterocycles. The van der Waals surface area contributed by atoms with Crippen LogP contribution in [0.3, 0.4) is 0 Å². The number of ketones is 1. The van der Waals surface area contributed by atoms with E-state index in [-0.39, 0.29) is 17.6 Å². The van der Waals surface area contributed by atoms with Crippen molar-refractivity contribution >= 4 is 40.8 Å². The van der Waals surface area contributed by atoms with Gasteiger partial charge in [-0.15, -0.1) is 0 Å². The second kappa shape index (κ2) is 13.3. The number of carbonyl (C=O) groups is 3. The number of fused-ring (bicyclic) bond motifs is 1. The fraction of sp³-hybridized carbons (Fsp3) is 0.417. The topological polar surface area (TPSA) is 79.4 Å². The number of rotatable bonds is 6. The fourth-order valence-corrected chi connectivity index (χ4v) is 7.58. The van der Waals surface area contributed by atoms with Crippen molar-refractivity contribution in [3.05, 3.63) is 92.5 Å². The number of piperazine rings is 1. The predicted molar refractivity (Wildman–Crippen MR) is 178 cm³/mol. The summed E-state index contributed by atoms with van der Waals surface area (Å²) in [5, 5.41) is 0.986. The molecule has 3 aromatic carbocycles. The lowest BCUT2D eigenvalue weighted by molar-refractivity contribution is -0.136. The molecule has 0 aliphatic carbocycles. The molecule has 0 N–H and O–H groups in total. The Morgan fingerprint density at radius 2 is 1.70 bits per heavy atom. The number of likely N-dealkylation sites (tertiary alicyclic amines) is 1. The number of hydrogen-bond donors (Lipinski definition) is 0. The van der Waals surface area contributed by atoms with Crippen LogP contribution in [0.5, 0.6) is 11.5 Å². The van der Waals surface area contributed by atoms with Gasteiger partial charge in [0.1, 0.15) is 17.1 Å². The van der Waals surface area contributed by atoms with Crippen molar-refractivity contribution in [3.63, 3.8) is 0 Å². The van der Waals surface area contributed by atoms with Crippen molar-refractivity contribution in [1.29, 1.82) is 0 Å². The Morgan fingerprint density at radius 1 is 0.957 bits per heavy atom. The highest BCUT2D eigenvalue weighted by Gasteiger charge is 2.43. The van der Waals surface area contributed by atoms with Crippen LogP contribution >= 0.6 is 23.2 Å². The van der Waals surface area contributed by atoms with Crippen LogP contribution in [-0.4, -0.2) is 84.3 Å². The van der Waals surface area contributed by atoms with Crippen LogP contribution in [0.4, 0.5) is 0 Å². The third-order valence-corrected chi connectivity index (χ3v) is 10.0. The molecule has 242 valence electrons. The number of nitrogens with zero attached hydrogens (tertiary/aromatic N) is 3. The zero-order valence-electron chi connectivity index (χ0n) is 26.5. The number of Topliss-reactive ketones (excluding diaryl/α,β-unsaturated/α-hetero) is 1. The van der Waals surface area contributed by atoms with Gasteiger partial charge in [0, 0.05) is 74.1 Å². The second-order valence-corrected chi connectivity index (χ2v) is 13.6. The first kappa shape index (κ1) is 32.4. The molecule has 1 atom stereocenters. The van der Waals surface area contributed by atoms with Gasteiger partial charge in [-0.3, -0.25) is 14.4 Å². The number of halogens is 2. The van der Waals surface area contributed by atoms with Gasteiger partial charge in [0.2, 0.25) is 5.91 Å². The molecule has 3 heterocycles. The summed E-state index contributed by atoms with van der Waals surface area (Å²) in [7, 11) is 1.58. The first-order chi connectivity index (χ1) is 22.0. The molecule has 3 aliphatic heterocycles. The Hall–Kier alpha value is -3.59. The molecule has 3 aromatic rings. The van der Waals surface area contributed by atoms with Crippen molar-refractivity contribution in [2.75, 3.05) is 46.4 Å². The van der Waals surface area contributed by atoms with E-state index in [9.17, 15) is 14.4 Å². The van der Waals surface area contributed by atoms with Gasteiger partial charge < -0.3 is 24.2 Å². The number of hydrogen-bond acceptors (Lipinski definition) is 6. The van der Waals surface area contributed by atoms with Crippen molar-refractivity contribution in [2.24, 2.45) is 0 Å². The highest BCUT2D eigenvalue weighted by molar-refractivity contribution is 6.35. The lowest BCUT2D eigenvalue weighted by Gasteiger charge is -2.44. The van der Waals surface area contributed by atoms with Crippen LogP contribution in [0.15, 0.2) is 54.6 Å². The zero-order valence-corrected chi connectivity index (χ0v) is 28.0. The van der Waals surface area contributed by atoms with Gasteiger partial charge in [-0.25, -0.2) is 0 Å². The molecule has 0 bridgehead atoms. The summed E-state index contributed by atoms with van der Waals surface area (Å²) < 4.78 is 11.7. The summed E-state index contributed by atoms with van der Waals surface area (Å²) in [6.07, 6.45) is 2.10. The highest BCUT2D eigenvalue weighted by atomic mass is 35.5. The maximum atomic E-state index is 13.8. The summed E-state index contributed by atoms with van der Waals surface area (Å²) in [5.74, 6) is 1.29. The van der Waals surface area contributed by atoms with Crippen LogP contribution in [0, 0.1) is 13.8 Å². The first-order valence-corrected chi connectivity index (χ1v) is 16.5. The van der Waals surface area contributed by atoms with Crippen LogP contribution in [0.2, 0.25) is 10.0 Å². The lowest BCUT2D eigenvalue weighted by Crippen LogP contribution is -2.53. The standard InChI is InChI=1S/C36H39Cl2N3O5/c1-23-16-24(2)18-25(17-23)35(44)40-14-15-41(31(22-40)28-6-4-26(37)19-30(28)38)34(43)8-11-39-12-9-36(10-13-39)21-32(42)29-20-27(45-3)5-7-33(29)46-36/h4-7,16-20,31H,8-15,21-22H2,1-3H3. The average Bonchev–Trinajstić information content (AvgIpc) is 3.03. The van der Waals surface area contributed by atoms with E-state index >= 15 is 0 Å².